The van der Waals surface area contributed by atoms with E-state index in [9.17, 15) is 10.1 Å². The predicted octanol–water partition coefficient (Wildman–Crippen LogP) is 3.81. The summed E-state index contributed by atoms with van der Waals surface area (Å²) in [7, 11) is 0. The third kappa shape index (κ3) is 4.10. The SMILES string of the molecule is O=[N+]([O-])c1ccc(/C=N\N=C\c2ccc(Br)cc2)cc1. The van der Waals surface area contributed by atoms with Gasteiger partial charge in [0.05, 0.1) is 17.4 Å². The van der Waals surface area contributed by atoms with Crippen LogP contribution in [0.15, 0.2) is 63.2 Å². The third-order valence-electron chi connectivity index (χ3n) is 2.45. The molecule has 5 nitrogen and oxygen atoms in total. The Morgan fingerprint density at radius 3 is 1.80 bits per heavy atom. The van der Waals surface area contributed by atoms with Crippen molar-refractivity contribution in [1.29, 1.82) is 0 Å². The molecule has 0 bridgehead atoms. The number of halogens is 1. The first-order chi connectivity index (χ1) is 9.65. The molecule has 0 fully saturated rings. The first kappa shape index (κ1) is 14.1. The normalized spacial score (nSPS) is 11.2. The summed E-state index contributed by atoms with van der Waals surface area (Å²) in [5, 5.41) is 18.3. The molecule has 0 saturated carbocycles. The van der Waals surface area contributed by atoms with Crippen molar-refractivity contribution in [1.82, 2.24) is 0 Å². The summed E-state index contributed by atoms with van der Waals surface area (Å²) in [5.74, 6) is 0. The largest absolute Gasteiger partial charge is 0.269 e. The van der Waals surface area contributed by atoms with Crippen molar-refractivity contribution in [2.75, 3.05) is 0 Å². The molecule has 2 aromatic rings. The molecule has 0 saturated heterocycles. The number of benzene rings is 2. The summed E-state index contributed by atoms with van der Waals surface area (Å²) in [6, 6.07) is 13.8. The van der Waals surface area contributed by atoms with Crippen molar-refractivity contribution in [3.63, 3.8) is 0 Å². The molecular formula is C14H10BrN3O2. The Morgan fingerprint density at radius 2 is 1.35 bits per heavy atom. The van der Waals surface area contributed by atoms with Gasteiger partial charge in [-0.2, -0.15) is 10.2 Å². The Balaban J connectivity index is 1.99. The van der Waals surface area contributed by atoms with Crippen LogP contribution in [0.1, 0.15) is 11.1 Å². The molecule has 0 heterocycles. The van der Waals surface area contributed by atoms with Crippen LogP contribution in [0.2, 0.25) is 0 Å². The van der Waals surface area contributed by atoms with Gasteiger partial charge in [-0.05, 0) is 35.4 Å². The third-order valence-corrected chi connectivity index (χ3v) is 2.98. The van der Waals surface area contributed by atoms with E-state index in [0.717, 1.165) is 15.6 Å². The lowest BCUT2D eigenvalue weighted by molar-refractivity contribution is -0.384. The average molecular weight is 332 g/mol. The highest BCUT2D eigenvalue weighted by Crippen LogP contribution is 2.11. The van der Waals surface area contributed by atoms with E-state index in [1.54, 1.807) is 24.6 Å². The molecule has 0 aliphatic carbocycles. The summed E-state index contributed by atoms with van der Waals surface area (Å²) in [6.07, 6.45) is 3.17. The van der Waals surface area contributed by atoms with Gasteiger partial charge in [0, 0.05) is 16.6 Å². The van der Waals surface area contributed by atoms with E-state index >= 15 is 0 Å². The number of hydrogen-bond donors (Lipinski definition) is 0. The molecule has 0 aliphatic heterocycles. The summed E-state index contributed by atoms with van der Waals surface area (Å²) < 4.78 is 1.00. The molecule has 0 aromatic heterocycles. The number of rotatable bonds is 4. The van der Waals surface area contributed by atoms with E-state index in [2.05, 4.69) is 26.1 Å². The monoisotopic (exact) mass is 331 g/mol. The summed E-state index contributed by atoms with van der Waals surface area (Å²) in [4.78, 5) is 10.1. The quantitative estimate of drug-likeness (QED) is 0.485. The first-order valence-electron chi connectivity index (χ1n) is 5.71. The van der Waals surface area contributed by atoms with Gasteiger partial charge >= 0.3 is 0 Å². The van der Waals surface area contributed by atoms with Gasteiger partial charge in [0.2, 0.25) is 0 Å². The molecular weight excluding hydrogens is 322 g/mol. The maximum absolute atomic E-state index is 10.5. The van der Waals surface area contributed by atoms with Crippen LogP contribution in [0.25, 0.3) is 0 Å². The Morgan fingerprint density at radius 1 is 0.900 bits per heavy atom. The van der Waals surface area contributed by atoms with Crippen LogP contribution in [0, 0.1) is 10.1 Å². The number of nitro groups is 1. The average Bonchev–Trinajstić information content (AvgIpc) is 2.46. The molecule has 0 unspecified atom stereocenters. The molecule has 6 heteroatoms. The van der Waals surface area contributed by atoms with Crippen molar-refractivity contribution in [2.45, 2.75) is 0 Å². The van der Waals surface area contributed by atoms with E-state index in [-0.39, 0.29) is 5.69 Å². The van der Waals surface area contributed by atoms with Gasteiger partial charge in [0.25, 0.3) is 5.69 Å². The highest BCUT2D eigenvalue weighted by molar-refractivity contribution is 9.10. The smallest absolute Gasteiger partial charge is 0.258 e. The fourth-order valence-corrected chi connectivity index (χ4v) is 1.70. The van der Waals surface area contributed by atoms with Crippen LogP contribution in [-0.2, 0) is 0 Å². The van der Waals surface area contributed by atoms with Crippen LogP contribution in [0.4, 0.5) is 5.69 Å². The lowest BCUT2D eigenvalue weighted by Crippen LogP contribution is -1.88. The Hall–Kier alpha value is -2.34. The highest BCUT2D eigenvalue weighted by atomic mass is 79.9. The molecule has 0 aliphatic rings. The number of hydrogen-bond acceptors (Lipinski definition) is 4. The highest BCUT2D eigenvalue weighted by Gasteiger charge is 2.02. The van der Waals surface area contributed by atoms with Crippen LogP contribution in [0.3, 0.4) is 0 Å². The molecule has 0 atom stereocenters. The van der Waals surface area contributed by atoms with Crippen LogP contribution >= 0.6 is 15.9 Å². The van der Waals surface area contributed by atoms with Gasteiger partial charge in [-0.25, -0.2) is 0 Å². The van der Waals surface area contributed by atoms with E-state index in [1.165, 1.54) is 12.1 Å². The second-order valence-electron chi connectivity index (χ2n) is 3.89. The summed E-state index contributed by atoms with van der Waals surface area (Å²) >= 11 is 3.35. The minimum atomic E-state index is -0.438. The minimum absolute atomic E-state index is 0.0560. The van der Waals surface area contributed by atoms with Gasteiger partial charge in [-0.15, -0.1) is 0 Å². The fraction of sp³-hybridized carbons (Fsp3) is 0. The molecule has 0 N–H and O–H groups in total. The fourth-order valence-electron chi connectivity index (χ4n) is 1.43. The second kappa shape index (κ2) is 6.72. The van der Waals surface area contributed by atoms with Gasteiger partial charge in [0.15, 0.2) is 0 Å². The van der Waals surface area contributed by atoms with E-state index in [1.807, 2.05) is 24.3 Å². The minimum Gasteiger partial charge on any atom is -0.258 e. The predicted molar refractivity (Wildman–Crippen MR) is 82.4 cm³/mol. The van der Waals surface area contributed by atoms with Crippen LogP contribution in [-0.4, -0.2) is 17.4 Å². The molecule has 0 amide bonds. The van der Waals surface area contributed by atoms with E-state index in [0.29, 0.717) is 0 Å². The Bertz CT molecular complexity index is 649. The van der Waals surface area contributed by atoms with Crippen molar-refractivity contribution in [3.8, 4) is 0 Å². The zero-order valence-corrected chi connectivity index (χ0v) is 11.9. The van der Waals surface area contributed by atoms with Gasteiger partial charge < -0.3 is 0 Å². The van der Waals surface area contributed by atoms with Gasteiger partial charge in [0.1, 0.15) is 0 Å². The standard InChI is InChI=1S/C14H10BrN3O2/c15-13-5-1-11(2-6-13)9-16-17-10-12-3-7-14(8-4-12)18(19)20/h1-10H/b16-9+,17-10-. The number of non-ortho nitro benzene ring substituents is 1. The van der Waals surface area contributed by atoms with E-state index < -0.39 is 4.92 Å². The molecule has 0 radical (unpaired) electrons. The first-order valence-corrected chi connectivity index (χ1v) is 6.51. The van der Waals surface area contributed by atoms with Crippen molar-refractivity contribution in [3.05, 3.63) is 74.2 Å². The summed E-state index contributed by atoms with van der Waals surface area (Å²) in [6.45, 7) is 0. The zero-order valence-electron chi connectivity index (χ0n) is 10.3. The maximum Gasteiger partial charge on any atom is 0.269 e. The van der Waals surface area contributed by atoms with Crippen molar-refractivity contribution in [2.24, 2.45) is 10.2 Å². The topological polar surface area (TPSA) is 67.9 Å². The molecule has 2 rings (SSSR count). The molecule has 100 valence electrons. The van der Waals surface area contributed by atoms with Crippen LogP contribution < -0.4 is 0 Å². The Labute approximate surface area is 123 Å². The Kier molecular flexibility index (Phi) is 4.73. The zero-order chi connectivity index (χ0) is 14.4. The van der Waals surface area contributed by atoms with Gasteiger partial charge in [-0.1, -0.05) is 28.1 Å². The molecule has 2 aromatic carbocycles. The van der Waals surface area contributed by atoms with E-state index in [4.69, 9.17) is 0 Å². The van der Waals surface area contributed by atoms with Crippen molar-refractivity contribution >= 4 is 34.0 Å². The molecule has 0 spiro atoms. The van der Waals surface area contributed by atoms with Crippen molar-refractivity contribution < 1.29 is 4.92 Å². The number of nitro benzene ring substituents is 1. The molecule has 20 heavy (non-hydrogen) atoms. The second-order valence-corrected chi connectivity index (χ2v) is 4.81. The van der Waals surface area contributed by atoms with Gasteiger partial charge in [-0.3, -0.25) is 10.1 Å². The number of nitrogens with zero attached hydrogens (tertiary/aromatic N) is 3. The summed E-state index contributed by atoms with van der Waals surface area (Å²) in [5.41, 5.74) is 1.75. The lowest BCUT2D eigenvalue weighted by atomic mass is 10.2. The maximum atomic E-state index is 10.5. The van der Waals surface area contributed by atoms with Crippen LogP contribution in [0.5, 0.6) is 0 Å². The lowest BCUT2D eigenvalue weighted by Gasteiger charge is -1.92.